The first-order valence-corrected chi connectivity index (χ1v) is 8.43. The van der Waals surface area contributed by atoms with E-state index in [0.717, 1.165) is 37.9 Å². The third kappa shape index (κ3) is 2.92. The standard InChI is InChI=1S/C17H24ClNO3/c1-3-22-15-10-11(8-13(18)17(15)21-2)9-14-16(20)12-4-6-19(14)7-5-12/h8,10,12,14,16,20H,3-7,9H2,1-2H3. The quantitative estimate of drug-likeness (QED) is 0.904. The van der Waals surface area contributed by atoms with Gasteiger partial charge >= 0.3 is 0 Å². The van der Waals surface area contributed by atoms with E-state index in [9.17, 15) is 5.11 Å². The van der Waals surface area contributed by atoms with Crippen molar-refractivity contribution in [1.82, 2.24) is 4.90 Å². The average molecular weight is 326 g/mol. The lowest BCUT2D eigenvalue weighted by molar-refractivity contribution is -0.0715. The van der Waals surface area contributed by atoms with Crippen LogP contribution in [0.25, 0.3) is 0 Å². The van der Waals surface area contributed by atoms with Crippen LogP contribution in [0.3, 0.4) is 0 Å². The largest absolute Gasteiger partial charge is 0.491 e. The summed E-state index contributed by atoms with van der Waals surface area (Å²) in [5.74, 6) is 1.71. The summed E-state index contributed by atoms with van der Waals surface area (Å²) in [5, 5.41) is 11.1. The first-order chi connectivity index (χ1) is 10.6. The Labute approximate surface area is 137 Å². The van der Waals surface area contributed by atoms with E-state index in [2.05, 4.69) is 4.90 Å². The maximum Gasteiger partial charge on any atom is 0.179 e. The molecule has 2 unspecified atom stereocenters. The molecule has 2 atom stereocenters. The summed E-state index contributed by atoms with van der Waals surface area (Å²) in [6.07, 6.45) is 2.79. The van der Waals surface area contributed by atoms with Gasteiger partial charge < -0.3 is 14.6 Å². The summed E-state index contributed by atoms with van der Waals surface area (Å²) in [5.41, 5.74) is 1.09. The van der Waals surface area contributed by atoms with E-state index in [1.807, 2.05) is 19.1 Å². The lowest BCUT2D eigenvalue weighted by Gasteiger charge is -2.49. The Morgan fingerprint density at radius 1 is 1.32 bits per heavy atom. The molecule has 0 aromatic heterocycles. The van der Waals surface area contributed by atoms with Crippen LogP contribution in [0.2, 0.25) is 5.02 Å². The fourth-order valence-corrected chi connectivity index (χ4v) is 4.12. The minimum absolute atomic E-state index is 0.187. The molecule has 3 aliphatic rings. The van der Waals surface area contributed by atoms with E-state index in [0.29, 0.717) is 29.0 Å². The van der Waals surface area contributed by atoms with Crippen molar-refractivity contribution in [2.45, 2.75) is 38.3 Å². The Hall–Kier alpha value is -0.970. The summed E-state index contributed by atoms with van der Waals surface area (Å²) >= 11 is 6.32. The van der Waals surface area contributed by atoms with Crippen LogP contribution in [0.4, 0.5) is 0 Å². The molecule has 0 amide bonds. The predicted octanol–water partition coefficient (Wildman–Crippen LogP) is 2.74. The van der Waals surface area contributed by atoms with Crippen molar-refractivity contribution in [2.75, 3.05) is 26.8 Å². The molecular formula is C17H24ClNO3. The summed E-state index contributed by atoms with van der Waals surface area (Å²) < 4.78 is 11.0. The molecule has 22 heavy (non-hydrogen) atoms. The number of rotatable bonds is 5. The topological polar surface area (TPSA) is 41.9 Å². The molecule has 2 bridgehead atoms. The molecule has 0 radical (unpaired) electrons. The van der Waals surface area contributed by atoms with Crippen LogP contribution in [-0.2, 0) is 6.42 Å². The average Bonchev–Trinajstić information content (AvgIpc) is 2.51. The number of aliphatic hydroxyl groups excluding tert-OH is 1. The van der Waals surface area contributed by atoms with Crippen LogP contribution in [0.15, 0.2) is 12.1 Å². The van der Waals surface area contributed by atoms with Crippen LogP contribution >= 0.6 is 11.6 Å². The van der Waals surface area contributed by atoms with Crippen molar-refractivity contribution >= 4 is 11.6 Å². The molecule has 3 fully saturated rings. The first-order valence-electron chi connectivity index (χ1n) is 8.05. The number of ether oxygens (including phenoxy) is 2. The molecule has 5 heteroatoms. The van der Waals surface area contributed by atoms with Gasteiger partial charge in [0.1, 0.15) is 0 Å². The van der Waals surface area contributed by atoms with E-state index in [1.54, 1.807) is 7.11 Å². The molecule has 4 rings (SSSR count). The molecule has 3 saturated heterocycles. The van der Waals surface area contributed by atoms with Gasteiger partial charge in [0.25, 0.3) is 0 Å². The van der Waals surface area contributed by atoms with E-state index < -0.39 is 0 Å². The zero-order valence-corrected chi connectivity index (χ0v) is 14.0. The van der Waals surface area contributed by atoms with Crippen LogP contribution in [0.1, 0.15) is 25.3 Å². The van der Waals surface area contributed by atoms with Crippen molar-refractivity contribution in [3.8, 4) is 11.5 Å². The van der Waals surface area contributed by atoms with Crippen molar-refractivity contribution < 1.29 is 14.6 Å². The zero-order chi connectivity index (χ0) is 15.7. The fourth-order valence-electron chi connectivity index (χ4n) is 3.81. The number of benzene rings is 1. The third-order valence-corrected chi connectivity index (χ3v) is 5.22. The SMILES string of the molecule is CCOc1cc(CC2C(O)C3CCN2CC3)cc(Cl)c1OC. The summed E-state index contributed by atoms with van der Waals surface area (Å²) in [7, 11) is 1.60. The maximum atomic E-state index is 10.5. The molecule has 122 valence electrons. The predicted molar refractivity (Wildman–Crippen MR) is 87.0 cm³/mol. The van der Waals surface area contributed by atoms with Crippen LogP contribution in [0, 0.1) is 5.92 Å². The molecule has 0 saturated carbocycles. The highest BCUT2D eigenvalue weighted by Crippen LogP contribution is 2.39. The molecular weight excluding hydrogens is 302 g/mol. The number of methoxy groups -OCH3 is 1. The normalized spacial score (nSPS) is 30.4. The Kier molecular flexibility index (Phi) is 4.81. The molecule has 1 aromatic rings. The Morgan fingerprint density at radius 3 is 2.64 bits per heavy atom. The monoisotopic (exact) mass is 325 g/mol. The van der Waals surface area contributed by atoms with Gasteiger partial charge in [-0.05, 0) is 62.9 Å². The summed E-state index contributed by atoms with van der Waals surface area (Å²) in [6, 6.07) is 4.11. The van der Waals surface area contributed by atoms with Gasteiger partial charge in [-0.1, -0.05) is 11.6 Å². The van der Waals surface area contributed by atoms with Crippen LogP contribution in [0.5, 0.6) is 11.5 Å². The van der Waals surface area contributed by atoms with E-state index in [-0.39, 0.29) is 12.1 Å². The van der Waals surface area contributed by atoms with Crippen LogP contribution < -0.4 is 9.47 Å². The number of aliphatic hydroxyl groups is 1. The minimum atomic E-state index is -0.237. The molecule has 1 aromatic carbocycles. The number of hydrogen-bond acceptors (Lipinski definition) is 4. The maximum absolute atomic E-state index is 10.5. The second-order valence-electron chi connectivity index (χ2n) is 6.18. The highest BCUT2D eigenvalue weighted by atomic mass is 35.5. The smallest absolute Gasteiger partial charge is 0.179 e. The Bertz CT molecular complexity index is 527. The number of piperidine rings is 3. The molecule has 3 aliphatic heterocycles. The Balaban J connectivity index is 1.83. The molecule has 1 N–H and O–H groups in total. The Morgan fingerprint density at radius 2 is 2.05 bits per heavy atom. The van der Waals surface area contributed by atoms with Gasteiger partial charge in [0.15, 0.2) is 11.5 Å². The highest BCUT2D eigenvalue weighted by Gasteiger charge is 2.41. The van der Waals surface area contributed by atoms with E-state index >= 15 is 0 Å². The lowest BCUT2D eigenvalue weighted by Crippen LogP contribution is -2.58. The van der Waals surface area contributed by atoms with Crippen molar-refractivity contribution in [3.63, 3.8) is 0 Å². The number of nitrogens with zero attached hydrogens (tertiary/aromatic N) is 1. The second-order valence-corrected chi connectivity index (χ2v) is 6.58. The van der Waals surface area contributed by atoms with Gasteiger partial charge in [0.05, 0.1) is 24.8 Å². The first kappa shape index (κ1) is 15.9. The molecule has 3 heterocycles. The van der Waals surface area contributed by atoms with Crippen LogP contribution in [-0.4, -0.2) is 49.0 Å². The minimum Gasteiger partial charge on any atom is -0.491 e. The molecule has 0 spiro atoms. The van der Waals surface area contributed by atoms with E-state index in [4.69, 9.17) is 21.1 Å². The van der Waals surface area contributed by atoms with Gasteiger partial charge in [-0.2, -0.15) is 0 Å². The fraction of sp³-hybridized carbons (Fsp3) is 0.647. The van der Waals surface area contributed by atoms with Crippen molar-refractivity contribution in [3.05, 3.63) is 22.7 Å². The van der Waals surface area contributed by atoms with Crippen molar-refractivity contribution in [2.24, 2.45) is 5.92 Å². The van der Waals surface area contributed by atoms with Gasteiger partial charge in [0, 0.05) is 6.04 Å². The third-order valence-electron chi connectivity index (χ3n) is 4.94. The second kappa shape index (κ2) is 6.65. The van der Waals surface area contributed by atoms with Gasteiger partial charge in [-0.3, -0.25) is 4.90 Å². The number of fused-ring (bicyclic) bond motifs is 3. The summed E-state index contributed by atoms with van der Waals surface area (Å²) in [4.78, 5) is 2.41. The highest BCUT2D eigenvalue weighted by molar-refractivity contribution is 6.32. The van der Waals surface area contributed by atoms with Crippen molar-refractivity contribution in [1.29, 1.82) is 0 Å². The number of halogens is 1. The molecule has 0 aliphatic carbocycles. The lowest BCUT2D eigenvalue weighted by atomic mass is 9.78. The molecule has 4 nitrogen and oxygen atoms in total. The van der Waals surface area contributed by atoms with Gasteiger partial charge in [-0.15, -0.1) is 0 Å². The van der Waals surface area contributed by atoms with Gasteiger partial charge in [0.2, 0.25) is 0 Å². The summed E-state index contributed by atoms with van der Waals surface area (Å²) in [6.45, 7) is 4.69. The van der Waals surface area contributed by atoms with Gasteiger partial charge in [-0.25, -0.2) is 0 Å². The number of hydrogen-bond donors (Lipinski definition) is 1. The van der Waals surface area contributed by atoms with E-state index in [1.165, 1.54) is 0 Å². The zero-order valence-electron chi connectivity index (χ0n) is 13.2.